The molecular weight excluding hydrogens is 296 g/mol. The second-order valence-corrected chi connectivity index (χ2v) is 6.29. The lowest BCUT2D eigenvalue weighted by molar-refractivity contribution is -0.126. The van der Waals surface area contributed by atoms with Crippen molar-refractivity contribution in [2.75, 3.05) is 13.1 Å². The monoisotopic (exact) mass is 320 g/mol. The first kappa shape index (κ1) is 16.5. The summed E-state index contributed by atoms with van der Waals surface area (Å²) in [5.41, 5.74) is 9.32. The molecule has 0 radical (unpaired) electrons. The van der Waals surface area contributed by atoms with E-state index in [4.69, 9.17) is 5.73 Å². The number of carbonyl (C=O) groups is 1. The third-order valence-corrected chi connectivity index (χ3v) is 4.68. The molecule has 3 rings (SSSR count). The van der Waals surface area contributed by atoms with Gasteiger partial charge < -0.3 is 10.6 Å². The van der Waals surface area contributed by atoms with E-state index >= 15 is 0 Å². The molecule has 2 aromatic rings. The zero-order valence-corrected chi connectivity index (χ0v) is 13.9. The predicted octanol–water partition coefficient (Wildman–Crippen LogP) is 3.56. The van der Waals surface area contributed by atoms with Crippen LogP contribution in [-0.4, -0.2) is 23.9 Å². The minimum atomic E-state index is 0.105. The molecule has 0 unspecified atom stereocenters. The number of likely N-dealkylation sites (tertiary alicyclic amines) is 1. The summed E-state index contributed by atoms with van der Waals surface area (Å²) in [6.07, 6.45) is 5.60. The van der Waals surface area contributed by atoms with Crippen LogP contribution in [0.2, 0.25) is 0 Å². The van der Waals surface area contributed by atoms with Crippen LogP contribution in [-0.2, 0) is 11.3 Å². The second kappa shape index (κ2) is 7.93. The summed E-state index contributed by atoms with van der Waals surface area (Å²) in [5, 5.41) is 0. The minimum absolute atomic E-state index is 0.105. The predicted molar refractivity (Wildman–Crippen MR) is 98.4 cm³/mol. The van der Waals surface area contributed by atoms with Crippen molar-refractivity contribution in [2.45, 2.75) is 25.3 Å². The highest BCUT2D eigenvalue weighted by Crippen LogP contribution is 2.28. The Hall–Kier alpha value is -2.39. The molecule has 1 saturated heterocycles. The van der Waals surface area contributed by atoms with Crippen molar-refractivity contribution >= 4 is 12.0 Å². The molecular formula is C21H24N2O. The summed E-state index contributed by atoms with van der Waals surface area (Å²) in [7, 11) is 0. The Morgan fingerprint density at radius 2 is 1.83 bits per heavy atom. The molecule has 0 aromatic heterocycles. The topological polar surface area (TPSA) is 46.3 Å². The van der Waals surface area contributed by atoms with Crippen molar-refractivity contribution in [2.24, 2.45) is 5.73 Å². The van der Waals surface area contributed by atoms with Gasteiger partial charge in [0.25, 0.3) is 0 Å². The number of amides is 1. The second-order valence-electron chi connectivity index (χ2n) is 6.29. The maximum Gasteiger partial charge on any atom is 0.246 e. The highest BCUT2D eigenvalue weighted by molar-refractivity contribution is 5.91. The highest BCUT2D eigenvalue weighted by Gasteiger charge is 2.22. The Kier molecular flexibility index (Phi) is 5.44. The van der Waals surface area contributed by atoms with E-state index in [1.165, 1.54) is 11.1 Å². The van der Waals surface area contributed by atoms with E-state index in [0.29, 0.717) is 12.5 Å². The van der Waals surface area contributed by atoms with Crippen molar-refractivity contribution in [1.29, 1.82) is 0 Å². The van der Waals surface area contributed by atoms with Gasteiger partial charge in [-0.3, -0.25) is 4.79 Å². The van der Waals surface area contributed by atoms with Gasteiger partial charge in [0.1, 0.15) is 0 Å². The fourth-order valence-electron chi connectivity index (χ4n) is 3.24. The summed E-state index contributed by atoms with van der Waals surface area (Å²) in [6, 6.07) is 18.5. The van der Waals surface area contributed by atoms with Gasteiger partial charge >= 0.3 is 0 Å². The Labute approximate surface area is 143 Å². The molecule has 0 bridgehead atoms. The van der Waals surface area contributed by atoms with E-state index in [2.05, 4.69) is 24.3 Å². The van der Waals surface area contributed by atoms with Gasteiger partial charge in [-0.05, 0) is 41.5 Å². The van der Waals surface area contributed by atoms with Gasteiger partial charge in [0.05, 0.1) is 0 Å². The molecule has 1 heterocycles. The van der Waals surface area contributed by atoms with Crippen molar-refractivity contribution in [3.05, 3.63) is 77.4 Å². The van der Waals surface area contributed by atoms with E-state index in [0.717, 1.165) is 31.5 Å². The fraction of sp³-hybridized carbons (Fsp3) is 0.286. The molecule has 0 aliphatic carbocycles. The van der Waals surface area contributed by atoms with Crippen LogP contribution in [0.1, 0.15) is 35.4 Å². The standard InChI is InChI=1S/C21H24N2O/c22-16-18-7-4-8-20(15-18)19-11-13-23(14-12-19)21(24)10-9-17-5-2-1-3-6-17/h1-10,15,19H,11-14,16,22H2/b10-9+. The van der Waals surface area contributed by atoms with Crippen LogP contribution in [0.4, 0.5) is 0 Å². The molecule has 1 fully saturated rings. The van der Waals surface area contributed by atoms with Crippen LogP contribution in [0.25, 0.3) is 6.08 Å². The van der Waals surface area contributed by atoms with E-state index in [-0.39, 0.29) is 5.91 Å². The molecule has 2 N–H and O–H groups in total. The molecule has 1 aliphatic rings. The maximum atomic E-state index is 12.3. The van der Waals surface area contributed by atoms with Gasteiger partial charge in [0.15, 0.2) is 0 Å². The maximum absolute atomic E-state index is 12.3. The first-order valence-electron chi connectivity index (χ1n) is 8.57. The number of carbonyl (C=O) groups excluding carboxylic acids is 1. The summed E-state index contributed by atoms with van der Waals surface area (Å²) in [6.45, 7) is 2.21. The molecule has 0 saturated carbocycles. The third-order valence-electron chi connectivity index (χ3n) is 4.68. The van der Waals surface area contributed by atoms with Crippen LogP contribution < -0.4 is 5.73 Å². The van der Waals surface area contributed by atoms with Crippen LogP contribution in [0, 0.1) is 0 Å². The first-order chi connectivity index (χ1) is 11.8. The van der Waals surface area contributed by atoms with Gasteiger partial charge in [-0.2, -0.15) is 0 Å². The molecule has 1 amide bonds. The smallest absolute Gasteiger partial charge is 0.246 e. The number of piperidine rings is 1. The first-order valence-corrected chi connectivity index (χ1v) is 8.57. The van der Waals surface area contributed by atoms with Gasteiger partial charge in [-0.15, -0.1) is 0 Å². The molecule has 24 heavy (non-hydrogen) atoms. The SMILES string of the molecule is NCc1cccc(C2CCN(C(=O)/C=C/c3ccccc3)CC2)c1. The van der Waals surface area contributed by atoms with Gasteiger partial charge in [0.2, 0.25) is 5.91 Å². The number of benzene rings is 2. The Morgan fingerprint density at radius 3 is 2.54 bits per heavy atom. The quantitative estimate of drug-likeness (QED) is 0.876. The summed E-state index contributed by atoms with van der Waals surface area (Å²) in [4.78, 5) is 14.3. The average Bonchev–Trinajstić information content (AvgIpc) is 2.67. The van der Waals surface area contributed by atoms with Crippen molar-refractivity contribution in [3.63, 3.8) is 0 Å². The van der Waals surface area contributed by atoms with Crippen LogP contribution in [0.15, 0.2) is 60.7 Å². The van der Waals surface area contributed by atoms with Crippen molar-refractivity contribution in [3.8, 4) is 0 Å². The van der Waals surface area contributed by atoms with Crippen LogP contribution in [0.5, 0.6) is 0 Å². The average molecular weight is 320 g/mol. The third kappa shape index (κ3) is 4.12. The van der Waals surface area contributed by atoms with E-state index < -0.39 is 0 Å². The van der Waals surface area contributed by atoms with Gasteiger partial charge in [-0.25, -0.2) is 0 Å². The van der Waals surface area contributed by atoms with Crippen molar-refractivity contribution in [1.82, 2.24) is 4.90 Å². The number of nitrogens with zero attached hydrogens (tertiary/aromatic N) is 1. The Balaban J connectivity index is 1.56. The summed E-state index contributed by atoms with van der Waals surface area (Å²) < 4.78 is 0. The van der Waals surface area contributed by atoms with E-state index in [9.17, 15) is 4.79 Å². The number of rotatable bonds is 4. The number of hydrogen-bond acceptors (Lipinski definition) is 2. The Bertz CT molecular complexity index is 701. The molecule has 2 aromatic carbocycles. The van der Waals surface area contributed by atoms with Crippen LogP contribution in [0.3, 0.4) is 0 Å². The van der Waals surface area contributed by atoms with Crippen LogP contribution >= 0.6 is 0 Å². The molecule has 3 nitrogen and oxygen atoms in total. The lowest BCUT2D eigenvalue weighted by atomic mass is 9.88. The molecule has 0 spiro atoms. The number of nitrogens with two attached hydrogens (primary N) is 1. The van der Waals surface area contributed by atoms with E-state index in [1.54, 1.807) is 6.08 Å². The molecule has 3 heteroatoms. The fourth-order valence-corrected chi connectivity index (χ4v) is 3.24. The largest absolute Gasteiger partial charge is 0.339 e. The van der Waals surface area contributed by atoms with Gasteiger partial charge in [-0.1, -0.05) is 54.6 Å². The summed E-state index contributed by atoms with van der Waals surface area (Å²) >= 11 is 0. The minimum Gasteiger partial charge on any atom is -0.339 e. The zero-order valence-electron chi connectivity index (χ0n) is 13.9. The molecule has 1 aliphatic heterocycles. The van der Waals surface area contributed by atoms with E-state index in [1.807, 2.05) is 41.3 Å². The molecule has 124 valence electrons. The zero-order chi connectivity index (χ0) is 16.8. The lowest BCUT2D eigenvalue weighted by Gasteiger charge is -2.31. The Morgan fingerprint density at radius 1 is 1.08 bits per heavy atom. The lowest BCUT2D eigenvalue weighted by Crippen LogP contribution is -2.36. The van der Waals surface area contributed by atoms with Crippen molar-refractivity contribution < 1.29 is 4.79 Å². The number of hydrogen-bond donors (Lipinski definition) is 1. The highest BCUT2D eigenvalue weighted by atomic mass is 16.2. The normalized spacial score (nSPS) is 15.8. The summed E-state index contributed by atoms with van der Waals surface area (Å²) in [5.74, 6) is 0.631. The van der Waals surface area contributed by atoms with Gasteiger partial charge in [0, 0.05) is 25.7 Å². The molecule has 0 atom stereocenters.